The smallest absolute Gasteiger partial charge is 0.216 e. The summed E-state index contributed by atoms with van der Waals surface area (Å²) >= 11 is 0. The monoisotopic (exact) mass is 203 g/mol. The van der Waals surface area contributed by atoms with Crippen molar-refractivity contribution < 1.29 is 4.74 Å². The Morgan fingerprint density at radius 3 is 2.93 bits per heavy atom. The van der Waals surface area contributed by atoms with Crippen molar-refractivity contribution in [1.29, 1.82) is 0 Å². The molecule has 0 radical (unpaired) electrons. The van der Waals surface area contributed by atoms with Crippen molar-refractivity contribution in [2.24, 2.45) is 0 Å². The Kier molecular flexibility index (Phi) is 1.87. The van der Waals surface area contributed by atoms with E-state index in [1.165, 1.54) is 19.3 Å². The molecule has 1 aliphatic carbocycles. The molecule has 0 spiro atoms. The zero-order chi connectivity index (χ0) is 10.3. The van der Waals surface area contributed by atoms with Crippen molar-refractivity contribution in [2.45, 2.75) is 25.2 Å². The van der Waals surface area contributed by atoms with Crippen molar-refractivity contribution in [3.8, 4) is 5.88 Å². The van der Waals surface area contributed by atoms with Gasteiger partial charge in [0.2, 0.25) is 5.88 Å². The number of rotatable bonds is 2. The average Bonchev–Trinajstić information content (AvgIpc) is 2.57. The maximum Gasteiger partial charge on any atom is 0.216 e. The molecule has 2 aromatic heterocycles. The van der Waals surface area contributed by atoms with E-state index in [1.807, 2.05) is 18.2 Å². The van der Waals surface area contributed by atoms with Crippen molar-refractivity contribution >= 4 is 5.65 Å². The summed E-state index contributed by atoms with van der Waals surface area (Å²) in [5, 5.41) is 4.49. The van der Waals surface area contributed by atoms with Gasteiger partial charge in [0.25, 0.3) is 0 Å². The molecule has 78 valence electrons. The second kappa shape index (κ2) is 3.22. The van der Waals surface area contributed by atoms with E-state index in [4.69, 9.17) is 4.74 Å². The average molecular weight is 203 g/mol. The van der Waals surface area contributed by atoms with Gasteiger partial charge in [0.15, 0.2) is 11.5 Å². The molecule has 1 fully saturated rings. The van der Waals surface area contributed by atoms with Crippen LogP contribution in [0.3, 0.4) is 0 Å². The van der Waals surface area contributed by atoms with Gasteiger partial charge in [0.1, 0.15) is 0 Å². The van der Waals surface area contributed by atoms with Crippen molar-refractivity contribution in [3.05, 3.63) is 24.0 Å². The normalized spacial score (nSPS) is 16.6. The first-order valence-corrected chi connectivity index (χ1v) is 5.28. The van der Waals surface area contributed by atoms with Crippen LogP contribution in [0.5, 0.6) is 5.88 Å². The molecule has 0 amide bonds. The van der Waals surface area contributed by atoms with Gasteiger partial charge in [-0.3, -0.25) is 0 Å². The third-order valence-corrected chi connectivity index (χ3v) is 3.02. The molecule has 1 aliphatic rings. The van der Waals surface area contributed by atoms with Crippen molar-refractivity contribution in [2.75, 3.05) is 7.11 Å². The van der Waals surface area contributed by atoms with Crippen LogP contribution >= 0.6 is 0 Å². The van der Waals surface area contributed by atoms with Gasteiger partial charge in [0.05, 0.1) is 7.11 Å². The second-order valence-electron chi connectivity index (χ2n) is 3.94. The molecular weight excluding hydrogens is 190 g/mol. The van der Waals surface area contributed by atoms with Gasteiger partial charge in [0, 0.05) is 12.0 Å². The Bertz CT molecular complexity index is 488. The number of hydrogen-bond donors (Lipinski definition) is 0. The summed E-state index contributed by atoms with van der Waals surface area (Å²) in [5.41, 5.74) is 0.872. The van der Waals surface area contributed by atoms with Crippen LogP contribution in [-0.4, -0.2) is 21.7 Å². The van der Waals surface area contributed by atoms with Crippen LogP contribution in [0.4, 0.5) is 0 Å². The highest BCUT2D eigenvalue weighted by Crippen LogP contribution is 2.34. The van der Waals surface area contributed by atoms with E-state index < -0.39 is 0 Å². The van der Waals surface area contributed by atoms with Gasteiger partial charge >= 0.3 is 0 Å². The number of methoxy groups -OCH3 is 1. The van der Waals surface area contributed by atoms with Gasteiger partial charge in [-0.2, -0.15) is 4.52 Å². The lowest BCUT2D eigenvalue weighted by Crippen LogP contribution is -2.10. The summed E-state index contributed by atoms with van der Waals surface area (Å²) in [4.78, 5) is 4.52. The van der Waals surface area contributed by atoms with E-state index in [0.29, 0.717) is 5.92 Å². The van der Waals surface area contributed by atoms with Crippen molar-refractivity contribution in [3.63, 3.8) is 0 Å². The standard InChI is InChI=1S/C11H13N3O/c1-15-10-7-3-6-9-12-11(13-14(9)10)8-4-2-5-8/h3,6-8H,2,4-5H2,1H3. The van der Waals surface area contributed by atoms with E-state index in [0.717, 1.165) is 17.4 Å². The lowest BCUT2D eigenvalue weighted by atomic mass is 9.85. The van der Waals surface area contributed by atoms with Crippen molar-refractivity contribution in [1.82, 2.24) is 14.6 Å². The molecule has 2 aromatic rings. The van der Waals surface area contributed by atoms with Gasteiger partial charge in [-0.25, -0.2) is 4.98 Å². The number of ether oxygens (including phenoxy) is 1. The first-order chi connectivity index (χ1) is 7.38. The fraction of sp³-hybridized carbons (Fsp3) is 0.455. The van der Waals surface area contributed by atoms with Crippen LogP contribution in [0.15, 0.2) is 18.2 Å². The predicted octanol–water partition coefficient (Wildman–Crippen LogP) is 2.01. The summed E-state index contributed by atoms with van der Waals surface area (Å²) in [7, 11) is 1.65. The molecule has 0 saturated heterocycles. The molecule has 1 saturated carbocycles. The fourth-order valence-corrected chi connectivity index (χ4v) is 1.89. The Hall–Kier alpha value is -1.58. The van der Waals surface area contributed by atoms with Crippen LogP contribution in [0, 0.1) is 0 Å². The van der Waals surface area contributed by atoms with Gasteiger partial charge < -0.3 is 4.74 Å². The highest BCUT2D eigenvalue weighted by molar-refractivity contribution is 5.41. The fourth-order valence-electron chi connectivity index (χ4n) is 1.89. The Morgan fingerprint density at radius 1 is 1.40 bits per heavy atom. The SMILES string of the molecule is COc1cccc2nc(C3CCC3)nn12. The summed E-state index contributed by atoms with van der Waals surface area (Å²) in [5.74, 6) is 2.27. The van der Waals surface area contributed by atoms with Crippen LogP contribution in [-0.2, 0) is 0 Å². The molecule has 2 heterocycles. The van der Waals surface area contributed by atoms with Gasteiger partial charge in [-0.1, -0.05) is 12.5 Å². The first-order valence-electron chi connectivity index (χ1n) is 5.28. The van der Waals surface area contributed by atoms with E-state index in [-0.39, 0.29) is 0 Å². The lowest BCUT2D eigenvalue weighted by molar-refractivity contribution is 0.378. The van der Waals surface area contributed by atoms with Gasteiger partial charge in [-0.05, 0) is 18.9 Å². The molecule has 0 aliphatic heterocycles. The zero-order valence-electron chi connectivity index (χ0n) is 8.68. The topological polar surface area (TPSA) is 39.4 Å². The number of pyridine rings is 1. The largest absolute Gasteiger partial charge is 0.481 e. The predicted molar refractivity (Wildman–Crippen MR) is 56.1 cm³/mol. The molecule has 4 nitrogen and oxygen atoms in total. The maximum atomic E-state index is 5.23. The number of aromatic nitrogens is 3. The quantitative estimate of drug-likeness (QED) is 0.749. The first kappa shape index (κ1) is 8.71. The zero-order valence-corrected chi connectivity index (χ0v) is 8.68. The van der Waals surface area contributed by atoms with E-state index >= 15 is 0 Å². The molecule has 15 heavy (non-hydrogen) atoms. The highest BCUT2D eigenvalue weighted by atomic mass is 16.5. The van der Waals surface area contributed by atoms with E-state index in [2.05, 4.69) is 10.1 Å². The van der Waals surface area contributed by atoms with Crippen LogP contribution < -0.4 is 4.74 Å². The number of hydrogen-bond acceptors (Lipinski definition) is 3. The molecule has 4 heteroatoms. The molecule has 0 N–H and O–H groups in total. The second-order valence-corrected chi connectivity index (χ2v) is 3.94. The molecule has 0 bridgehead atoms. The summed E-state index contributed by atoms with van der Waals surface area (Å²) in [6.45, 7) is 0. The van der Waals surface area contributed by atoms with Crippen LogP contribution in [0.2, 0.25) is 0 Å². The minimum absolute atomic E-state index is 0.564. The molecule has 0 unspecified atom stereocenters. The third-order valence-electron chi connectivity index (χ3n) is 3.02. The molecule has 0 aromatic carbocycles. The van der Waals surface area contributed by atoms with Crippen LogP contribution in [0.25, 0.3) is 5.65 Å². The minimum atomic E-state index is 0.564. The summed E-state index contributed by atoms with van der Waals surface area (Å²) in [6, 6.07) is 5.79. The van der Waals surface area contributed by atoms with Gasteiger partial charge in [-0.15, -0.1) is 5.10 Å². The maximum absolute atomic E-state index is 5.23. The summed E-state index contributed by atoms with van der Waals surface area (Å²) in [6.07, 6.45) is 3.75. The van der Waals surface area contributed by atoms with Crippen LogP contribution in [0.1, 0.15) is 31.0 Å². The minimum Gasteiger partial charge on any atom is -0.481 e. The van der Waals surface area contributed by atoms with E-state index in [1.54, 1.807) is 11.6 Å². The van der Waals surface area contributed by atoms with E-state index in [9.17, 15) is 0 Å². The number of nitrogens with zero attached hydrogens (tertiary/aromatic N) is 3. The summed E-state index contributed by atoms with van der Waals surface area (Å²) < 4.78 is 7.00. The third kappa shape index (κ3) is 1.28. The lowest BCUT2D eigenvalue weighted by Gasteiger charge is -2.21. The Morgan fingerprint density at radius 2 is 2.27 bits per heavy atom. The highest BCUT2D eigenvalue weighted by Gasteiger charge is 2.24. The number of fused-ring (bicyclic) bond motifs is 1. The Labute approximate surface area is 87.9 Å². The molecule has 0 atom stereocenters. The molecule has 3 rings (SSSR count). The Balaban J connectivity index is 2.12. The molecular formula is C11H13N3O.